The van der Waals surface area contributed by atoms with E-state index in [4.69, 9.17) is 0 Å². The van der Waals surface area contributed by atoms with E-state index in [1.165, 1.54) is 0 Å². The van der Waals surface area contributed by atoms with Crippen LogP contribution in [0.2, 0.25) is 0 Å². The van der Waals surface area contributed by atoms with Gasteiger partial charge in [-0.2, -0.15) is 13.2 Å². The maximum atomic E-state index is 12.2. The lowest BCUT2D eigenvalue weighted by Crippen LogP contribution is -2.39. The fraction of sp³-hybridized carbons (Fsp3) is 0.429. The van der Waals surface area contributed by atoms with Gasteiger partial charge in [0.2, 0.25) is 0 Å². The first kappa shape index (κ1) is 10.6. The average molecular weight is 208 g/mol. The summed E-state index contributed by atoms with van der Waals surface area (Å²) in [5.41, 5.74) is -3.21. The van der Waals surface area contributed by atoms with Gasteiger partial charge in [0.1, 0.15) is 5.69 Å². The second-order valence-electron chi connectivity index (χ2n) is 2.77. The Morgan fingerprint density at radius 1 is 1.14 bits per heavy atom. The predicted molar refractivity (Wildman–Crippen MR) is 41.9 cm³/mol. The number of hydrogen-bond donors (Lipinski definition) is 0. The second kappa shape index (κ2) is 3.00. The first-order chi connectivity index (χ1) is 6.25. The topological polar surface area (TPSA) is 44.0 Å². The Hall–Kier alpha value is -1.53. The number of rotatable bonds is 0. The number of aromatic nitrogens is 2. The van der Waals surface area contributed by atoms with Gasteiger partial charge < -0.3 is 0 Å². The van der Waals surface area contributed by atoms with Crippen LogP contribution in [0.3, 0.4) is 0 Å². The summed E-state index contributed by atoms with van der Waals surface area (Å²) < 4.78 is 37.7. The number of halogens is 3. The molecule has 0 N–H and O–H groups in total. The van der Waals surface area contributed by atoms with Crippen LogP contribution in [0.1, 0.15) is 5.69 Å². The molecule has 0 aliphatic heterocycles. The summed E-state index contributed by atoms with van der Waals surface area (Å²) in [6.07, 6.45) is -4.69. The van der Waals surface area contributed by atoms with Gasteiger partial charge in [0.05, 0.1) is 0 Å². The highest BCUT2D eigenvalue weighted by atomic mass is 19.4. The molecule has 0 aliphatic rings. The summed E-state index contributed by atoms with van der Waals surface area (Å²) >= 11 is 0. The summed E-state index contributed by atoms with van der Waals surface area (Å²) in [6.45, 7) is 0. The summed E-state index contributed by atoms with van der Waals surface area (Å²) in [6, 6.07) is 0.390. The molecule has 7 heteroatoms. The number of alkyl halides is 3. The molecule has 0 saturated carbocycles. The molecule has 14 heavy (non-hydrogen) atoms. The van der Waals surface area contributed by atoms with Gasteiger partial charge in [0.25, 0.3) is 5.56 Å². The Kier molecular flexibility index (Phi) is 2.26. The van der Waals surface area contributed by atoms with Crippen molar-refractivity contribution < 1.29 is 13.2 Å². The van der Waals surface area contributed by atoms with Gasteiger partial charge in [-0.1, -0.05) is 0 Å². The molecule has 0 fully saturated rings. The molecule has 1 aromatic heterocycles. The minimum atomic E-state index is -4.69. The molecular formula is C7H7F3N2O2. The van der Waals surface area contributed by atoms with Gasteiger partial charge in [-0.15, -0.1) is 0 Å². The van der Waals surface area contributed by atoms with Crippen LogP contribution in [0.25, 0.3) is 0 Å². The Labute approximate surface area is 76.2 Å². The molecule has 0 radical (unpaired) electrons. The van der Waals surface area contributed by atoms with Crippen molar-refractivity contribution >= 4 is 0 Å². The van der Waals surface area contributed by atoms with Gasteiger partial charge in [-0.25, -0.2) is 4.79 Å². The smallest absolute Gasteiger partial charge is 0.292 e. The van der Waals surface area contributed by atoms with Crippen LogP contribution in [0.15, 0.2) is 15.7 Å². The fourth-order valence-electron chi connectivity index (χ4n) is 1.00. The van der Waals surface area contributed by atoms with E-state index in [0.29, 0.717) is 15.2 Å². The van der Waals surface area contributed by atoms with Gasteiger partial charge in [-0.3, -0.25) is 13.9 Å². The Morgan fingerprint density at radius 2 is 1.64 bits per heavy atom. The molecule has 1 rings (SSSR count). The highest BCUT2D eigenvalue weighted by Crippen LogP contribution is 2.26. The molecule has 4 nitrogen and oxygen atoms in total. The van der Waals surface area contributed by atoms with Crippen molar-refractivity contribution in [2.45, 2.75) is 6.18 Å². The van der Waals surface area contributed by atoms with E-state index in [1.807, 2.05) is 0 Å². The monoisotopic (exact) mass is 208 g/mol. The van der Waals surface area contributed by atoms with E-state index in [1.54, 1.807) is 0 Å². The summed E-state index contributed by atoms with van der Waals surface area (Å²) in [7, 11) is 2.08. The minimum Gasteiger partial charge on any atom is -0.292 e. The van der Waals surface area contributed by atoms with Gasteiger partial charge in [0, 0.05) is 20.2 Å². The zero-order chi connectivity index (χ0) is 11.1. The lowest BCUT2D eigenvalue weighted by atomic mass is 10.4. The van der Waals surface area contributed by atoms with Crippen LogP contribution in [0.5, 0.6) is 0 Å². The van der Waals surface area contributed by atoms with E-state index in [-0.39, 0.29) is 0 Å². The molecule has 0 unspecified atom stereocenters. The molecule has 0 aliphatic carbocycles. The van der Waals surface area contributed by atoms with Gasteiger partial charge in [-0.05, 0) is 0 Å². The molecule has 0 spiro atoms. The van der Waals surface area contributed by atoms with Crippen LogP contribution in [0, 0.1) is 0 Å². The highest BCUT2D eigenvalue weighted by molar-refractivity contribution is 5.05. The second-order valence-corrected chi connectivity index (χ2v) is 2.77. The highest BCUT2D eigenvalue weighted by Gasteiger charge is 2.34. The van der Waals surface area contributed by atoms with Crippen LogP contribution < -0.4 is 11.2 Å². The predicted octanol–water partition coefficient (Wildman–Crippen LogP) is 0.103. The maximum Gasteiger partial charge on any atom is 0.431 e. The van der Waals surface area contributed by atoms with Crippen molar-refractivity contribution in [3.63, 3.8) is 0 Å². The van der Waals surface area contributed by atoms with E-state index < -0.39 is 23.1 Å². The number of nitrogens with zero attached hydrogens (tertiary/aromatic N) is 2. The van der Waals surface area contributed by atoms with Crippen LogP contribution in [0.4, 0.5) is 13.2 Å². The third-order valence-electron chi connectivity index (χ3n) is 1.82. The first-order valence-corrected chi connectivity index (χ1v) is 3.59. The van der Waals surface area contributed by atoms with Crippen molar-refractivity contribution in [1.82, 2.24) is 9.13 Å². The first-order valence-electron chi connectivity index (χ1n) is 3.59. The summed E-state index contributed by atoms with van der Waals surface area (Å²) in [5, 5.41) is 0. The average Bonchev–Trinajstić information content (AvgIpc) is 2.06. The Morgan fingerprint density at radius 3 is 2.07 bits per heavy atom. The van der Waals surface area contributed by atoms with Crippen molar-refractivity contribution in [1.29, 1.82) is 0 Å². The fourth-order valence-corrected chi connectivity index (χ4v) is 1.00. The van der Waals surface area contributed by atoms with Crippen molar-refractivity contribution in [2.24, 2.45) is 14.1 Å². The molecule has 0 saturated heterocycles. The molecule has 78 valence electrons. The van der Waals surface area contributed by atoms with Crippen molar-refractivity contribution in [2.75, 3.05) is 0 Å². The Balaban J connectivity index is 3.67. The molecule has 0 bridgehead atoms. The minimum absolute atomic E-state index is 0.390. The van der Waals surface area contributed by atoms with Gasteiger partial charge in [0.15, 0.2) is 0 Å². The summed E-state index contributed by atoms with van der Waals surface area (Å²) in [5.74, 6) is 0. The molecule has 0 atom stereocenters. The zero-order valence-corrected chi connectivity index (χ0v) is 7.42. The van der Waals surface area contributed by atoms with E-state index >= 15 is 0 Å². The molecular weight excluding hydrogens is 201 g/mol. The maximum absolute atomic E-state index is 12.2. The third-order valence-corrected chi connectivity index (χ3v) is 1.82. The van der Waals surface area contributed by atoms with Crippen LogP contribution in [-0.4, -0.2) is 9.13 Å². The molecule has 0 aromatic carbocycles. The zero-order valence-electron chi connectivity index (χ0n) is 7.42. The Bertz CT molecular complexity index is 469. The molecule has 0 amide bonds. The quantitative estimate of drug-likeness (QED) is 0.607. The summed E-state index contributed by atoms with van der Waals surface area (Å²) in [4.78, 5) is 22.0. The van der Waals surface area contributed by atoms with Crippen molar-refractivity contribution in [3.05, 3.63) is 32.6 Å². The van der Waals surface area contributed by atoms with E-state index in [0.717, 1.165) is 14.1 Å². The van der Waals surface area contributed by atoms with Crippen LogP contribution >= 0.6 is 0 Å². The standard InChI is InChI=1S/C7H7F3N2O2/c1-11-4(7(8,9)10)3-5(13)12(2)6(11)14/h3H,1-2H3. The lowest BCUT2D eigenvalue weighted by molar-refractivity contribution is -0.144. The lowest BCUT2D eigenvalue weighted by Gasteiger charge is -2.11. The van der Waals surface area contributed by atoms with E-state index in [9.17, 15) is 22.8 Å². The van der Waals surface area contributed by atoms with E-state index in [2.05, 4.69) is 0 Å². The van der Waals surface area contributed by atoms with Crippen LogP contribution in [-0.2, 0) is 20.3 Å². The molecule has 1 aromatic rings. The van der Waals surface area contributed by atoms with Gasteiger partial charge >= 0.3 is 11.9 Å². The molecule has 1 heterocycles. The third kappa shape index (κ3) is 1.57. The largest absolute Gasteiger partial charge is 0.431 e. The van der Waals surface area contributed by atoms with Crippen molar-refractivity contribution in [3.8, 4) is 0 Å². The number of hydrogen-bond acceptors (Lipinski definition) is 2. The normalized spacial score (nSPS) is 11.8. The SMILES string of the molecule is Cn1c(C(F)(F)F)cc(=O)n(C)c1=O.